The molecular formula is C29H31N7O2. The number of benzene rings is 2. The number of tetrazole rings is 1. The summed E-state index contributed by atoms with van der Waals surface area (Å²) in [6.07, 6.45) is 4.37. The molecule has 0 aliphatic rings. The van der Waals surface area contributed by atoms with Crippen molar-refractivity contribution < 1.29 is 4.74 Å². The summed E-state index contributed by atoms with van der Waals surface area (Å²) in [5.74, 6) is 1.54. The van der Waals surface area contributed by atoms with Gasteiger partial charge < -0.3 is 9.72 Å². The van der Waals surface area contributed by atoms with Crippen LogP contribution >= 0.6 is 0 Å². The van der Waals surface area contributed by atoms with Crippen molar-refractivity contribution in [2.45, 2.75) is 45.9 Å². The molecule has 1 N–H and O–H groups in total. The minimum atomic E-state index is -0.126. The highest BCUT2D eigenvalue weighted by Crippen LogP contribution is 2.27. The fourth-order valence-electron chi connectivity index (χ4n) is 4.75. The van der Waals surface area contributed by atoms with Crippen LogP contribution in [0.3, 0.4) is 0 Å². The second kappa shape index (κ2) is 11.8. The standard InChI is InChI=1S/C29H31N7O2/c1-3-27(28-32-33-34-36(28)19-21-9-6-5-7-10-21)35(18-22-11-8-14-30-17-22)20-24-15-23-16-25(38-4-2)12-13-26(23)31-29(24)37/h5-17,27H,3-4,18-20H2,1-2H3,(H,31,37)/t27-/m1/s1. The highest BCUT2D eigenvalue weighted by Gasteiger charge is 2.26. The normalized spacial score (nSPS) is 12.2. The average molecular weight is 510 g/mol. The smallest absolute Gasteiger partial charge is 0.252 e. The van der Waals surface area contributed by atoms with Gasteiger partial charge in [0.05, 0.1) is 19.2 Å². The van der Waals surface area contributed by atoms with E-state index >= 15 is 0 Å². The van der Waals surface area contributed by atoms with Crippen molar-refractivity contribution in [1.29, 1.82) is 0 Å². The van der Waals surface area contributed by atoms with Crippen LogP contribution in [0.5, 0.6) is 5.75 Å². The zero-order valence-electron chi connectivity index (χ0n) is 21.6. The third kappa shape index (κ3) is 5.78. The number of aromatic amines is 1. The maximum Gasteiger partial charge on any atom is 0.252 e. The summed E-state index contributed by atoms with van der Waals surface area (Å²) in [5, 5.41) is 13.7. The van der Waals surface area contributed by atoms with Gasteiger partial charge in [0.1, 0.15) is 5.75 Å². The molecule has 5 aromatic rings. The zero-order valence-corrected chi connectivity index (χ0v) is 21.6. The van der Waals surface area contributed by atoms with Crippen molar-refractivity contribution in [3.63, 3.8) is 0 Å². The Morgan fingerprint density at radius 3 is 2.61 bits per heavy atom. The molecule has 3 aromatic heterocycles. The summed E-state index contributed by atoms with van der Waals surface area (Å²) >= 11 is 0. The molecule has 2 aromatic carbocycles. The van der Waals surface area contributed by atoms with Crippen LogP contribution in [0.1, 0.15) is 48.8 Å². The van der Waals surface area contributed by atoms with E-state index in [-0.39, 0.29) is 11.6 Å². The molecule has 0 spiro atoms. The van der Waals surface area contributed by atoms with Gasteiger partial charge in [-0.3, -0.25) is 14.7 Å². The van der Waals surface area contributed by atoms with Crippen LogP contribution < -0.4 is 10.3 Å². The number of ether oxygens (including phenoxy) is 1. The molecule has 194 valence electrons. The van der Waals surface area contributed by atoms with Gasteiger partial charge in [-0.2, -0.15) is 0 Å². The maximum absolute atomic E-state index is 13.2. The lowest BCUT2D eigenvalue weighted by molar-refractivity contribution is 0.161. The summed E-state index contributed by atoms with van der Waals surface area (Å²) in [5.41, 5.74) is 3.49. The van der Waals surface area contributed by atoms with E-state index < -0.39 is 0 Å². The fourth-order valence-corrected chi connectivity index (χ4v) is 4.75. The summed E-state index contributed by atoms with van der Waals surface area (Å²) < 4.78 is 7.52. The first kappa shape index (κ1) is 25.3. The van der Waals surface area contributed by atoms with E-state index in [1.807, 2.05) is 72.4 Å². The van der Waals surface area contributed by atoms with Crippen LogP contribution in [0.2, 0.25) is 0 Å². The largest absolute Gasteiger partial charge is 0.494 e. The number of hydrogen-bond donors (Lipinski definition) is 1. The Bertz CT molecular complexity index is 1530. The van der Waals surface area contributed by atoms with E-state index in [9.17, 15) is 4.79 Å². The van der Waals surface area contributed by atoms with Gasteiger partial charge in [0.2, 0.25) is 0 Å². The molecule has 0 aliphatic heterocycles. The number of rotatable bonds is 11. The lowest BCUT2D eigenvalue weighted by atomic mass is 10.1. The minimum Gasteiger partial charge on any atom is -0.494 e. The van der Waals surface area contributed by atoms with Crippen LogP contribution in [0.25, 0.3) is 10.9 Å². The molecule has 0 saturated heterocycles. The SMILES string of the molecule is CCOc1ccc2[nH]c(=O)c(CN(Cc3cccnc3)[C@H](CC)c3nnnn3Cc3ccccc3)cc2c1. The van der Waals surface area contributed by atoms with E-state index in [2.05, 4.69) is 49.4 Å². The number of pyridine rings is 2. The van der Waals surface area contributed by atoms with Crippen molar-refractivity contribution in [3.8, 4) is 5.75 Å². The van der Waals surface area contributed by atoms with Crippen molar-refractivity contribution in [1.82, 2.24) is 35.1 Å². The first-order valence-corrected chi connectivity index (χ1v) is 12.9. The third-order valence-corrected chi connectivity index (χ3v) is 6.55. The summed E-state index contributed by atoms with van der Waals surface area (Å²) in [6, 6.07) is 21.6. The molecule has 9 nitrogen and oxygen atoms in total. The van der Waals surface area contributed by atoms with Crippen LogP contribution in [-0.4, -0.2) is 41.7 Å². The molecule has 38 heavy (non-hydrogen) atoms. The minimum absolute atomic E-state index is 0.114. The molecule has 9 heteroatoms. The lowest BCUT2D eigenvalue weighted by Gasteiger charge is -2.30. The third-order valence-electron chi connectivity index (χ3n) is 6.55. The van der Waals surface area contributed by atoms with Crippen molar-refractivity contribution in [3.05, 3.63) is 112 Å². The quantitative estimate of drug-likeness (QED) is 0.279. The molecule has 1 atom stereocenters. The van der Waals surface area contributed by atoms with Crippen LogP contribution in [0, 0.1) is 0 Å². The van der Waals surface area contributed by atoms with E-state index in [4.69, 9.17) is 4.74 Å². The van der Waals surface area contributed by atoms with Gasteiger partial charge in [-0.05, 0) is 65.2 Å². The van der Waals surface area contributed by atoms with Gasteiger partial charge in [-0.15, -0.1) is 5.10 Å². The van der Waals surface area contributed by atoms with E-state index in [0.717, 1.165) is 40.0 Å². The topological polar surface area (TPSA) is 102 Å². The highest BCUT2D eigenvalue weighted by molar-refractivity contribution is 5.80. The second-order valence-corrected chi connectivity index (χ2v) is 9.18. The number of aromatic nitrogens is 6. The van der Waals surface area contributed by atoms with Gasteiger partial charge in [0.15, 0.2) is 5.82 Å². The Morgan fingerprint density at radius 1 is 1.00 bits per heavy atom. The van der Waals surface area contributed by atoms with E-state index in [0.29, 0.717) is 31.8 Å². The van der Waals surface area contributed by atoms with Gasteiger partial charge >= 0.3 is 0 Å². The first-order valence-electron chi connectivity index (χ1n) is 12.9. The first-order chi connectivity index (χ1) is 18.6. The van der Waals surface area contributed by atoms with Gasteiger partial charge in [0, 0.05) is 41.9 Å². The number of nitrogens with one attached hydrogen (secondary N) is 1. The lowest BCUT2D eigenvalue weighted by Crippen LogP contribution is -2.32. The Kier molecular flexibility index (Phi) is 7.84. The summed E-state index contributed by atoms with van der Waals surface area (Å²) in [7, 11) is 0. The molecule has 3 heterocycles. The average Bonchev–Trinajstić information content (AvgIpc) is 3.38. The molecular weight excluding hydrogens is 478 g/mol. The van der Waals surface area contributed by atoms with Gasteiger partial charge in [-0.1, -0.05) is 43.3 Å². The molecule has 0 bridgehead atoms. The molecule has 0 radical (unpaired) electrons. The molecule has 5 rings (SSSR count). The van der Waals surface area contributed by atoms with Crippen molar-refractivity contribution in [2.75, 3.05) is 6.61 Å². The van der Waals surface area contributed by atoms with E-state index in [1.54, 1.807) is 6.20 Å². The Balaban J connectivity index is 1.51. The monoisotopic (exact) mass is 509 g/mol. The molecule has 0 fully saturated rings. The highest BCUT2D eigenvalue weighted by atomic mass is 16.5. The van der Waals surface area contributed by atoms with Crippen LogP contribution in [0.15, 0.2) is 83.9 Å². The molecule has 0 aliphatic carbocycles. The zero-order chi connectivity index (χ0) is 26.3. The number of H-pyrrole nitrogens is 1. The predicted octanol–water partition coefficient (Wildman–Crippen LogP) is 4.51. The Morgan fingerprint density at radius 2 is 1.84 bits per heavy atom. The molecule has 0 amide bonds. The molecule has 0 saturated carbocycles. The second-order valence-electron chi connectivity index (χ2n) is 9.18. The Labute approximate surface area is 221 Å². The van der Waals surface area contributed by atoms with Crippen LogP contribution in [0.4, 0.5) is 0 Å². The maximum atomic E-state index is 13.2. The Hall–Kier alpha value is -4.37. The summed E-state index contributed by atoms with van der Waals surface area (Å²) in [4.78, 5) is 22.7. The van der Waals surface area contributed by atoms with Crippen LogP contribution in [-0.2, 0) is 19.6 Å². The van der Waals surface area contributed by atoms with Crippen molar-refractivity contribution in [2.24, 2.45) is 0 Å². The number of nitrogens with zero attached hydrogens (tertiary/aromatic N) is 6. The predicted molar refractivity (Wildman–Crippen MR) is 146 cm³/mol. The summed E-state index contributed by atoms with van der Waals surface area (Å²) in [6.45, 7) is 6.21. The van der Waals surface area contributed by atoms with Gasteiger partial charge in [0.25, 0.3) is 5.56 Å². The number of hydrogen-bond acceptors (Lipinski definition) is 7. The number of fused-ring (bicyclic) bond motifs is 1. The fraction of sp³-hybridized carbons (Fsp3) is 0.276. The van der Waals surface area contributed by atoms with Crippen molar-refractivity contribution >= 4 is 10.9 Å². The van der Waals surface area contributed by atoms with Gasteiger partial charge in [-0.25, -0.2) is 4.68 Å². The molecule has 0 unspecified atom stereocenters. The van der Waals surface area contributed by atoms with E-state index in [1.165, 1.54) is 0 Å².